The lowest BCUT2D eigenvalue weighted by molar-refractivity contribution is -0.461. The summed E-state index contributed by atoms with van der Waals surface area (Å²) >= 11 is 0. The van der Waals surface area contributed by atoms with E-state index in [1.165, 1.54) is 24.4 Å². The smallest absolute Gasteiger partial charge is 0.422 e. The van der Waals surface area contributed by atoms with Crippen LogP contribution in [0.5, 0.6) is 0 Å². The van der Waals surface area contributed by atoms with Crippen molar-refractivity contribution in [3.05, 3.63) is 10.8 Å². The van der Waals surface area contributed by atoms with Crippen molar-refractivity contribution in [2.24, 2.45) is 9.98 Å². The van der Waals surface area contributed by atoms with E-state index in [-0.39, 0.29) is 37.0 Å². The lowest BCUT2D eigenvalue weighted by Crippen LogP contribution is -2.74. The molecule has 0 heterocycles. The third-order valence-corrected chi connectivity index (χ3v) is 23.4. The van der Waals surface area contributed by atoms with Gasteiger partial charge in [-0.2, -0.15) is 160 Å². The maximum atomic E-state index is 14.5. The Morgan fingerprint density at radius 3 is 0.544 bits per heavy atom. The molecule has 90 heavy (non-hydrogen) atoms. The molecule has 0 N–H and O–H groups in total. The van der Waals surface area contributed by atoms with E-state index in [1.807, 2.05) is 0 Å². The van der Waals surface area contributed by atoms with Gasteiger partial charge in [-0.3, -0.25) is 0 Å². The van der Waals surface area contributed by atoms with E-state index in [2.05, 4.69) is 9.98 Å². The Morgan fingerprint density at radius 1 is 0.267 bits per heavy atom. The number of nitriles is 2. The molecule has 0 aromatic carbocycles. The number of alkyl halides is 34. The maximum absolute atomic E-state index is 14.5. The van der Waals surface area contributed by atoms with Gasteiger partial charge in [0, 0.05) is 14.5 Å². The second-order valence-electron chi connectivity index (χ2n) is 20.0. The minimum atomic E-state index is -8.58. The predicted molar refractivity (Wildman–Crippen MR) is 266 cm³/mol. The summed E-state index contributed by atoms with van der Waals surface area (Å²) in [4.78, 5) is 5.17. The highest BCUT2D eigenvalue weighted by Crippen LogP contribution is 2.69. The minimum absolute atomic E-state index is 0.217. The molecule has 0 amide bonds. The van der Waals surface area contributed by atoms with Gasteiger partial charge in [-0.1, -0.05) is 80.1 Å². The second-order valence-corrected chi connectivity index (χ2v) is 29.0. The van der Waals surface area contributed by atoms with E-state index in [0.717, 1.165) is 0 Å². The SMILES string of the molecule is CCCC[P+](CCCC)(CCCC)CCC(F)(F)C(F)(F)C(F)(F)C(F)(F)C(F)(F)C(F)(F)C(F)(F)C(F)(F)F.CCCC[P+](CCCC)(CCCC)CCC(F)(F)C(F)(F)C(F)(F)C(F)(F)C(F)(F)C(F)(F)C(F)(F)C(F)(F)F.N#CN=C=[N-].N#CN=C=[N-]. The Kier molecular flexibility index (Phi) is 35.6. The van der Waals surface area contributed by atoms with Crippen molar-refractivity contribution in [3.8, 4) is 12.4 Å². The molecule has 0 bridgehead atoms. The fourth-order valence-corrected chi connectivity index (χ4v) is 17.9. The van der Waals surface area contributed by atoms with E-state index in [4.69, 9.17) is 21.3 Å². The van der Waals surface area contributed by atoms with E-state index in [9.17, 15) is 149 Å². The number of hydrogen-bond donors (Lipinski definition) is 0. The summed E-state index contributed by atoms with van der Waals surface area (Å²) in [5.41, 5.74) is 0. The highest BCUT2D eigenvalue weighted by Gasteiger charge is 2.97. The Morgan fingerprint density at radius 2 is 0.422 bits per heavy atom. The molecule has 0 aliphatic carbocycles. The molecule has 0 saturated heterocycles. The van der Waals surface area contributed by atoms with Gasteiger partial charge in [0.1, 0.15) is 0 Å². The van der Waals surface area contributed by atoms with Gasteiger partial charge in [0.25, 0.3) is 0 Å². The molecule has 0 unspecified atom stereocenters. The van der Waals surface area contributed by atoms with Crippen LogP contribution in [0.25, 0.3) is 10.8 Å². The van der Waals surface area contributed by atoms with Gasteiger partial charge in [0.2, 0.25) is 0 Å². The van der Waals surface area contributed by atoms with Crippen molar-refractivity contribution in [1.29, 1.82) is 10.5 Å². The van der Waals surface area contributed by atoms with Crippen molar-refractivity contribution in [2.45, 2.75) is 227 Å². The first kappa shape index (κ1) is 92.6. The molecule has 0 spiro atoms. The van der Waals surface area contributed by atoms with Crippen LogP contribution in [0.3, 0.4) is 0 Å². The quantitative estimate of drug-likeness (QED) is 0.0269. The monoisotopic (exact) mass is 1430 g/mol. The number of nitrogens with zero attached hydrogens (tertiary/aromatic N) is 6. The van der Waals surface area contributed by atoms with Gasteiger partial charge in [-0.15, -0.1) is 12.0 Å². The van der Waals surface area contributed by atoms with E-state index in [1.54, 1.807) is 41.5 Å². The zero-order valence-corrected chi connectivity index (χ0v) is 49.8. The van der Waals surface area contributed by atoms with Crippen LogP contribution < -0.4 is 0 Å². The van der Waals surface area contributed by atoms with E-state index >= 15 is 0 Å². The average molecular weight is 1430 g/mol. The fraction of sp³-hybridized carbons (Fsp3) is 0.917. The highest BCUT2D eigenvalue weighted by molar-refractivity contribution is 7.76. The number of hydrogen-bond acceptors (Lipinski definition) is 4. The molecule has 0 radical (unpaired) electrons. The molecule has 0 aromatic heterocycles. The van der Waals surface area contributed by atoms with Crippen LogP contribution in [0.4, 0.5) is 149 Å². The van der Waals surface area contributed by atoms with Crippen LogP contribution in [0.1, 0.15) is 131 Å². The first-order valence-corrected chi connectivity index (χ1v) is 31.3. The average Bonchev–Trinajstić information content (AvgIpc) is 0.708. The molecule has 0 atom stereocenters. The van der Waals surface area contributed by atoms with Crippen LogP contribution in [-0.4, -0.2) is 157 Å². The Bertz CT molecular complexity index is 2110. The van der Waals surface area contributed by atoms with Gasteiger partial charge in [-0.05, 0) is 38.5 Å². The summed E-state index contributed by atoms with van der Waals surface area (Å²) in [5.74, 6) is -112. The standard InChI is InChI=1S/2C22H31F17P.2C2N3/c2*1-4-7-11-40(12-8-5-2,13-9-6-3)14-10-15(23,24)16(25,26)17(27,28)18(29,30)19(31,32)20(33,34)21(35,36)22(37,38)39;2*3-1-5-2-4/h2*4-14H2,1-3H3;;/q2*+1;2*-1. The zero-order valence-electron chi connectivity index (χ0n) is 48.0. The van der Waals surface area contributed by atoms with Gasteiger partial charge in [-0.25, -0.2) is 0 Å². The second kappa shape index (κ2) is 34.6. The minimum Gasteiger partial charge on any atom is -0.422 e. The summed E-state index contributed by atoms with van der Waals surface area (Å²) in [6, 6.07) is 2.56. The lowest BCUT2D eigenvalue weighted by Gasteiger charge is -2.43. The van der Waals surface area contributed by atoms with E-state index in [0.29, 0.717) is 77.0 Å². The Balaban J connectivity index is -0.000000711. The molecule has 532 valence electrons. The number of aliphatic imine (C=N–C) groups is 2. The fourth-order valence-electron chi connectivity index (χ4n) is 7.81. The molecule has 0 fully saturated rings. The first-order chi connectivity index (χ1) is 40.1. The van der Waals surface area contributed by atoms with Crippen molar-refractivity contribution in [2.75, 3.05) is 49.3 Å². The van der Waals surface area contributed by atoms with Crippen LogP contribution in [0.15, 0.2) is 9.98 Å². The summed E-state index contributed by atoms with van der Waals surface area (Å²) in [5, 5.41) is 29.7. The third-order valence-electron chi connectivity index (χ3n) is 13.5. The lowest BCUT2D eigenvalue weighted by atomic mass is 9.88. The number of rotatable bonds is 36. The van der Waals surface area contributed by atoms with Crippen LogP contribution in [0.2, 0.25) is 0 Å². The van der Waals surface area contributed by atoms with Crippen LogP contribution in [-0.2, 0) is 0 Å². The van der Waals surface area contributed by atoms with Gasteiger partial charge >= 0.3 is 95.3 Å². The van der Waals surface area contributed by atoms with Crippen LogP contribution >= 0.6 is 14.5 Å². The van der Waals surface area contributed by atoms with Crippen molar-refractivity contribution in [3.63, 3.8) is 0 Å². The topological polar surface area (TPSA) is 117 Å². The highest BCUT2D eigenvalue weighted by atomic mass is 31.2. The van der Waals surface area contributed by atoms with E-state index < -0.39 is 135 Å². The molecule has 6 nitrogen and oxygen atoms in total. The maximum Gasteiger partial charge on any atom is 0.460 e. The molecule has 0 aliphatic heterocycles. The van der Waals surface area contributed by atoms with Crippen molar-refractivity contribution < 1.29 is 149 Å². The molecule has 0 rings (SSSR count). The van der Waals surface area contributed by atoms with Gasteiger partial charge < -0.3 is 20.8 Å². The van der Waals surface area contributed by atoms with Gasteiger partial charge in [0.15, 0.2) is 0 Å². The summed E-state index contributed by atoms with van der Waals surface area (Å²) in [6.45, 7) is 10.2. The molecule has 0 aliphatic rings. The molecular formula is C48H62F34N6P2. The van der Waals surface area contributed by atoms with Crippen molar-refractivity contribution >= 4 is 26.5 Å². The summed E-state index contributed by atoms with van der Waals surface area (Å²) in [7, 11) is -5.29. The molecule has 0 saturated carbocycles. The van der Waals surface area contributed by atoms with Gasteiger partial charge in [0.05, 0.1) is 74.5 Å². The predicted octanol–water partition coefficient (Wildman–Crippen LogP) is 22.0. The summed E-state index contributed by atoms with van der Waals surface area (Å²) < 4.78 is 460. The van der Waals surface area contributed by atoms with Crippen LogP contribution in [0, 0.1) is 22.9 Å². The Hall–Kier alpha value is -3.78. The largest absolute Gasteiger partial charge is 0.460 e. The molecule has 0 aromatic rings. The number of halogens is 34. The third kappa shape index (κ3) is 20.1. The van der Waals surface area contributed by atoms with Crippen molar-refractivity contribution in [1.82, 2.24) is 0 Å². The Labute approximate surface area is 495 Å². The first-order valence-electron chi connectivity index (χ1n) is 26.2. The summed E-state index contributed by atoms with van der Waals surface area (Å²) in [6.07, 6.45) is -12.6. The molecular weight excluding hydrogens is 1370 g/mol. The zero-order chi connectivity index (χ0) is 72.8. The molecule has 42 heteroatoms. The number of unbranched alkanes of at least 4 members (excludes halogenated alkanes) is 6. The normalized spacial score (nSPS) is 14.3.